The molecule has 0 bridgehead atoms. The minimum atomic E-state index is -0.191. The zero-order chi connectivity index (χ0) is 18.5. The first-order valence-electron chi connectivity index (χ1n) is 8.91. The summed E-state index contributed by atoms with van der Waals surface area (Å²) >= 11 is 5.98. The largest absolute Gasteiger partial charge is 0.356 e. The smallest absolute Gasteiger partial charge is 0.222 e. The summed E-state index contributed by atoms with van der Waals surface area (Å²) in [5.74, 6) is -0.0313. The van der Waals surface area contributed by atoms with Crippen LogP contribution in [0.1, 0.15) is 36.1 Å². The first kappa shape index (κ1) is 18.5. The Balaban J connectivity index is 1.62. The molecule has 1 atom stereocenters. The van der Waals surface area contributed by atoms with Crippen molar-refractivity contribution in [1.29, 1.82) is 0 Å². The number of halogens is 1. The van der Waals surface area contributed by atoms with Gasteiger partial charge in [-0.15, -0.1) is 0 Å². The molecule has 5 heteroatoms. The van der Waals surface area contributed by atoms with E-state index in [1.54, 1.807) is 11.8 Å². The van der Waals surface area contributed by atoms with Gasteiger partial charge >= 0.3 is 0 Å². The molecule has 0 saturated heterocycles. The van der Waals surface area contributed by atoms with E-state index >= 15 is 0 Å². The Bertz CT molecular complexity index is 806. The van der Waals surface area contributed by atoms with E-state index in [4.69, 9.17) is 11.6 Å². The molecule has 3 rings (SSSR count). The van der Waals surface area contributed by atoms with Crippen LogP contribution in [0.4, 0.5) is 0 Å². The van der Waals surface area contributed by atoms with Gasteiger partial charge in [-0.3, -0.25) is 9.59 Å². The second-order valence-electron chi connectivity index (χ2n) is 6.61. The molecule has 4 nitrogen and oxygen atoms in total. The van der Waals surface area contributed by atoms with E-state index in [2.05, 4.69) is 11.4 Å². The van der Waals surface area contributed by atoms with Gasteiger partial charge in [-0.2, -0.15) is 0 Å². The van der Waals surface area contributed by atoms with Gasteiger partial charge in [0, 0.05) is 25.0 Å². The summed E-state index contributed by atoms with van der Waals surface area (Å²) in [6, 6.07) is 15.5. The van der Waals surface area contributed by atoms with Gasteiger partial charge in [0.15, 0.2) is 0 Å². The lowest BCUT2D eigenvalue weighted by Crippen LogP contribution is -2.41. The molecule has 0 fully saturated rings. The van der Waals surface area contributed by atoms with Crippen molar-refractivity contribution < 1.29 is 9.59 Å². The summed E-state index contributed by atoms with van der Waals surface area (Å²) in [5.41, 5.74) is 3.40. The highest BCUT2D eigenvalue weighted by Gasteiger charge is 2.30. The lowest BCUT2D eigenvalue weighted by Gasteiger charge is -2.36. The molecule has 1 aliphatic rings. The Labute approximate surface area is 159 Å². The van der Waals surface area contributed by atoms with E-state index < -0.39 is 0 Å². The average molecular weight is 371 g/mol. The second-order valence-corrected chi connectivity index (χ2v) is 7.05. The molecule has 26 heavy (non-hydrogen) atoms. The quantitative estimate of drug-likeness (QED) is 0.875. The Morgan fingerprint density at radius 1 is 1.19 bits per heavy atom. The van der Waals surface area contributed by atoms with Gasteiger partial charge in [-0.1, -0.05) is 48.0 Å². The number of nitrogens with one attached hydrogen (secondary N) is 1. The highest BCUT2D eigenvalue weighted by Crippen LogP contribution is 2.32. The van der Waals surface area contributed by atoms with E-state index in [0.717, 1.165) is 24.0 Å². The summed E-state index contributed by atoms with van der Waals surface area (Å²) in [7, 11) is 0. The number of hydrogen-bond donors (Lipinski definition) is 1. The van der Waals surface area contributed by atoms with Crippen molar-refractivity contribution in [3.05, 3.63) is 70.2 Å². The van der Waals surface area contributed by atoms with Crippen molar-refractivity contribution in [2.45, 2.75) is 32.2 Å². The lowest BCUT2D eigenvalue weighted by atomic mass is 9.90. The van der Waals surface area contributed by atoms with Gasteiger partial charge in [-0.25, -0.2) is 0 Å². The molecule has 136 valence electrons. The molecule has 0 saturated carbocycles. The summed E-state index contributed by atoms with van der Waals surface area (Å²) in [6.07, 6.45) is 1.85. The van der Waals surface area contributed by atoms with Crippen LogP contribution in [0.3, 0.4) is 0 Å². The topological polar surface area (TPSA) is 49.4 Å². The van der Waals surface area contributed by atoms with E-state index in [0.29, 0.717) is 18.1 Å². The van der Waals surface area contributed by atoms with Crippen molar-refractivity contribution in [1.82, 2.24) is 10.2 Å². The van der Waals surface area contributed by atoms with Gasteiger partial charge in [0.05, 0.1) is 12.5 Å². The highest BCUT2D eigenvalue weighted by molar-refractivity contribution is 6.30. The van der Waals surface area contributed by atoms with E-state index in [9.17, 15) is 9.59 Å². The molecule has 1 heterocycles. The molecular weight excluding hydrogens is 348 g/mol. The Hall–Kier alpha value is -2.33. The highest BCUT2D eigenvalue weighted by atomic mass is 35.5. The van der Waals surface area contributed by atoms with Crippen LogP contribution in [0.25, 0.3) is 0 Å². The molecular formula is C21H23ClN2O2. The zero-order valence-electron chi connectivity index (χ0n) is 14.9. The van der Waals surface area contributed by atoms with Crippen LogP contribution in [0, 0.1) is 0 Å². The maximum absolute atomic E-state index is 12.5. The Morgan fingerprint density at radius 3 is 2.77 bits per heavy atom. The third kappa shape index (κ3) is 4.44. The van der Waals surface area contributed by atoms with Crippen molar-refractivity contribution in [3.63, 3.8) is 0 Å². The predicted octanol–water partition coefficient (Wildman–Crippen LogP) is 3.53. The minimum Gasteiger partial charge on any atom is -0.356 e. The molecule has 1 unspecified atom stereocenters. The molecule has 0 radical (unpaired) electrons. The van der Waals surface area contributed by atoms with Gasteiger partial charge < -0.3 is 10.2 Å². The number of amides is 2. The number of carbonyl (C=O) groups is 2. The molecule has 2 amide bonds. The fraction of sp³-hybridized carbons (Fsp3) is 0.333. The number of hydrogen-bond acceptors (Lipinski definition) is 2. The second kappa shape index (κ2) is 8.37. The van der Waals surface area contributed by atoms with Gasteiger partial charge in [0.2, 0.25) is 11.8 Å². The normalized spacial score (nSPS) is 16.1. The molecule has 0 spiro atoms. The van der Waals surface area contributed by atoms with E-state index in [1.807, 2.05) is 42.5 Å². The molecule has 0 aliphatic carbocycles. The first-order valence-corrected chi connectivity index (χ1v) is 9.28. The lowest BCUT2D eigenvalue weighted by molar-refractivity contribution is -0.133. The van der Waals surface area contributed by atoms with Crippen LogP contribution >= 0.6 is 11.6 Å². The zero-order valence-corrected chi connectivity index (χ0v) is 15.6. The summed E-state index contributed by atoms with van der Waals surface area (Å²) in [6.45, 7) is 2.78. The number of fused-ring (bicyclic) bond motifs is 1. The SMILES string of the molecule is CC(=O)N1CCc2ccccc2C1CC(=O)NCCc1cccc(Cl)c1. The molecule has 2 aromatic rings. The average Bonchev–Trinajstić information content (AvgIpc) is 2.62. The van der Waals surface area contributed by atoms with E-state index in [1.165, 1.54) is 5.56 Å². The van der Waals surface area contributed by atoms with Gasteiger partial charge in [-0.05, 0) is 41.7 Å². The standard InChI is InChI=1S/C21H23ClN2O2/c1-15(25)24-12-10-17-6-2-3-8-19(17)20(24)14-21(26)23-11-9-16-5-4-7-18(22)13-16/h2-8,13,20H,9-12,14H2,1H3,(H,23,26). The fourth-order valence-corrected chi connectivity index (χ4v) is 3.75. The molecule has 2 aromatic carbocycles. The molecule has 0 aromatic heterocycles. The monoisotopic (exact) mass is 370 g/mol. The van der Waals surface area contributed by atoms with Crippen molar-refractivity contribution in [3.8, 4) is 0 Å². The van der Waals surface area contributed by atoms with Crippen molar-refractivity contribution >= 4 is 23.4 Å². The van der Waals surface area contributed by atoms with Crippen molar-refractivity contribution in [2.75, 3.05) is 13.1 Å². The first-order chi connectivity index (χ1) is 12.5. The maximum atomic E-state index is 12.5. The van der Waals surface area contributed by atoms with Crippen molar-refractivity contribution in [2.24, 2.45) is 0 Å². The Kier molecular flexibility index (Phi) is 5.94. The van der Waals surface area contributed by atoms with Crippen LogP contribution in [-0.2, 0) is 22.4 Å². The van der Waals surface area contributed by atoms with Crippen LogP contribution in [0.5, 0.6) is 0 Å². The maximum Gasteiger partial charge on any atom is 0.222 e. The van der Waals surface area contributed by atoms with Gasteiger partial charge in [0.1, 0.15) is 0 Å². The van der Waals surface area contributed by atoms with Gasteiger partial charge in [0.25, 0.3) is 0 Å². The summed E-state index contributed by atoms with van der Waals surface area (Å²) in [5, 5.41) is 3.67. The third-order valence-corrected chi connectivity index (χ3v) is 5.06. The number of rotatable bonds is 5. The van der Waals surface area contributed by atoms with E-state index in [-0.39, 0.29) is 24.3 Å². The third-order valence-electron chi connectivity index (χ3n) is 4.82. The van der Waals surface area contributed by atoms with Crippen LogP contribution in [0.2, 0.25) is 5.02 Å². The summed E-state index contributed by atoms with van der Waals surface area (Å²) in [4.78, 5) is 26.3. The van der Waals surface area contributed by atoms with Crippen LogP contribution in [-0.4, -0.2) is 29.8 Å². The number of carbonyl (C=O) groups excluding carboxylic acids is 2. The fourth-order valence-electron chi connectivity index (χ4n) is 3.54. The predicted molar refractivity (Wildman–Crippen MR) is 103 cm³/mol. The Morgan fingerprint density at radius 2 is 2.00 bits per heavy atom. The minimum absolute atomic E-state index is 0.0104. The molecule has 1 aliphatic heterocycles. The van der Waals surface area contributed by atoms with Crippen LogP contribution < -0.4 is 5.32 Å². The number of nitrogens with zero attached hydrogens (tertiary/aromatic N) is 1. The number of benzene rings is 2. The molecule has 1 N–H and O–H groups in total. The van der Waals surface area contributed by atoms with Crippen LogP contribution in [0.15, 0.2) is 48.5 Å². The summed E-state index contributed by atoms with van der Waals surface area (Å²) < 4.78 is 0.